The van der Waals surface area contributed by atoms with Crippen LogP contribution in [0.5, 0.6) is 5.75 Å². The van der Waals surface area contributed by atoms with Gasteiger partial charge in [0.1, 0.15) is 10.6 Å². The molecule has 0 spiro atoms. The molecular formula is C17H20O3S. The first kappa shape index (κ1) is 15.6. The monoisotopic (exact) mass is 304 g/mol. The van der Waals surface area contributed by atoms with E-state index in [2.05, 4.69) is 20.8 Å². The third kappa shape index (κ3) is 3.85. The van der Waals surface area contributed by atoms with Crippen LogP contribution in [-0.2, 0) is 15.5 Å². The number of hydrogen-bond donors (Lipinski definition) is 0. The summed E-state index contributed by atoms with van der Waals surface area (Å²) in [6, 6.07) is 13.8. The molecule has 0 atom stereocenters. The van der Waals surface area contributed by atoms with Crippen molar-refractivity contribution in [2.24, 2.45) is 0 Å². The molecule has 0 aliphatic heterocycles. The van der Waals surface area contributed by atoms with E-state index in [1.54, 1.807) is 42.5 Å². The molecule has 4 heteroatoms. The maximum absolute atomic E-state index is 12.3. The van der Waals surface area contributed by atoms with Crippen LogP contribution in [0.25, 0.3) is 0 Å². The van der Waals surface area contributed by atoms with Gasteiger partial charge >= 0.3 is 10.1 Å². The number of aryl methyl sites for hydroxylation is 1. The van der Waals surface area contributed by atoms with Gasteiger partial charge in [0.15, 0.2) is 0 Å². The molecular weight excluding hydrogens is 284 g/mol. The van der Waals surface area contributed by atoms with Gasteiger partial charge in [-0.1, -0.05) is 50.6 Å². The lowest BCUT2D eigenvalue weighted by Gasteiger charge is -2.19. The highest BCUT2D eigenvalue weighted by Gasteiger charge is 2.18. The Balaban J connectivity index is 2.31. The van der Waals surface area contributed by atoms with Crippen molar-refractivity contribution in [1.82, 2.24) is 0 Å². The molecule has 0 unspecified atom stereocenters. The number of benzene rings is 2. The highest BCUT2D eigenvalue weighted by Crippen LogP contribution is 2.27. The van der Waals surface area contributed by atoms with Crippen molar-refractivity contribution in [2.45, 2.75) is 38.0 Å². The lowest BCUT2D eigenvalue weighted by molar-refractivity contribution is 0.484. The Bertz CT molecular complexity index is 723. The Kier molecular flexibility index (Phi) is 4.10. The van der Waals surface area contributed by atoms with Gasteiger partial charge < -0.3 is 4.18 Å². The molecule has 2 rings (SSSR count). The van der Waals surface area contributed by atoms with Gasteiger partial charge in [-0.2, -0.15) is 8.42 Å². The van der Waals surface area contributed by atoms with Crippen molar-refractivity contribution in [3.05, 3.63) is 59.7 Å². The molecule has 0 bridgehead atoms. The second-order valence-corrected chi connectivity index (χ2v) is 7.67. The Labute approximate surface area is 126 Å². The first-order chi connectivity index (χ1) is 9.68. The predicted molar refractivity (Wildman–Crippen MR) is 84.1 cm³/mol. The minimum absolute atomic E-state index is 0.0625. The molecule has 0 radical (unpaired) electrons. The zero-order valence-corrected chi connectivity index (χ0v) is 13.6. The zero-order valence-electron chi connectivity index (χ0n) is 12.8. The van der Waals surface area contributed by atoms with E-state index < -0.39 is 10.1 Å². The van der Waals surface area contributed by atoms with Crippen LogP contribution >= 0.6 is 0 Å². The van der Waals surface area contributed by atoms with Gasteiger partial charge in [-0.3, -0.25) is 0 Å². The topological polar surface area (TPSA) is 43.4 Å². The van der Waals surface area contributed by atoms with Crippen LogP contribution in [0, 0.1) is 6.92 Å². The largest absolute Gasteiger partial charge is 0.379 e. The third-order valence-electron chi connectivity index (χ3n) is 3.22. The second-order valence-electron chi connectivity index (χ2n) is 6.13. The van der Waals surface area contributed by atoms with E-state index in [9.17, 15) is 8.42 Å². The van der Waals surface area contributed by atoms with Crippen molar-refractivity contribution in [3.63, 3.8) is 0 Å². The van der Waals surface area contributed by atoms with Crippen molar-refractivity contribution >= 4 is 10.1 Å². The molecule has 0 saturated heterocycles. The Hall–Kier alpha value is -1.81. The van der Waals surface area contributed by atoms with Crippen LogP contribution in [0.2, 0.25) is 0 Å². The molecule has 112 valence electrons. The zero-order chi connectivity index (χ0) is 15.7. The van der Waals surface area contributed by atoms with Gasteiger partial charge in [0, 0.05) is 0 Å². The summed E-state index contributed by atoms with van der Waals surface area (Å²) in [6.45, 7) is 8.12. The van der Waals surface area contributed by atoms with Crippen molar-refractivity contribution in [2.75, 3.05) is 0 Å². The summed E-state index contributed by atoms with van der Waals surface area (Å²) in [6.07, 6.45) is 0. The maximum atomic E-state index is 12.3. The summed E-state index contributed by atoms with van der Waals surface area (Å²) in [7, 11) is -3.79. The van der Waals surface area contributed by atoms with Gasteiger partial charge in [0.25, 0.3) is 0 Å². The second kappa shape index (κ2) is 5.53. The molecule has 2 aromatic rings. The normalized spacial score (nSPS) is 12.2. The molecule has 0 fully saturated rings. The third-order valence-corrected chi connectivity index (χ3v) is 4.48. The summed E-state index contributed by atoms with van der Waals surface area (Å²) >= 11 is 0. The lowest BCUT2D eigenvalue weighted by atomic mass is 9.87. The lowest BCUT2D eigenvalue weighted by Crippen LogP contribution is -2.13. The molecule has 0 aromatic heterocycles. The number of rotatable bonds is 3. The van der Waals surface area contributed by atoms with E-state index in [1.165, 1.54) is 0 Å². The van der Waals surface area contributed by atoms with Crippen molar-refractivity contribution in [3.8, 4) is 5.75 Å². The van der Waals surface area contributed by atoms with Crippen LogP contribution in [0.1, 0.15) is 31.9 Å². The molecule has 0 N–H and O–H groups in total. The highest BCUT2D eigenvalue weighted by molar-refractivity contribution is 7.87. The summed E-state index contributed by atoms with van der Waals surface area (Å²) < 4.78 is 29.7. The molecule has 0 saturated carbocycles. The fourth-order valence-corrected chi connectivity index (χ4v) is 2.82. The SMILES string of the molecule is Cc1ccc(S(=O)(=O)Oc2cccc(C(C)(C)C)c2)cc1. The van der Waals surface area contributed by atoms with Crippen LogP contribution in [-0.4, -0.2) is 8.42 Å². The standard InChI is InChI=1S/C17H20O3S/c1-13-8-10-16(11-9-13)21(18,19)20-15-7-5-6-14(12-15)17(2,3)4/h5-12H,1-4H3. The van der Waals surface area contributed by atoms with Crippen LogP contribution < -0.4 is 4.18 Å². The first-order valence-corrected chi connectivity index (χ1v) is 8.21. The fourth-order valence-electron chi connectivity index (χ4n) is 1.89. The number of hydrogen-bond acceptors (Lipinski definition) is 3. The van der Waals surface area contributed by atoms with Crippen molar-refractivity contribution in [1.29, 1.82) is 0 Å². The van der Waals surface area contributed by atoms with E-state index in [0.717, 1.165) is 11.1 Å². The minimum Gasteiger partial charge on any atom is -0.379 e. The van der Waals surface area contributed by atoms with E-state index in [0.29, 0.717) is 5.75 Å². The summed E-state index contributed by atoms with van der Waals surface area (Å²) in [5.41, 5.74) is 1.97. The quantitative estimate of drug-likeness (QED) is 0.803. The van der Waals surface area contributed by atoms with Gasteiger partial charge in [0.2, 0.25) is 0 Å². The molecule has 0 amide bonds. The van der Waals surface area contributed by atoms with Gasteiger partial charge in [0.05, 0.1) is 0 Å². The van der Waals surface area contributed by atoms with Gasteiger partial charge in [-0.05, 0) is 42.2 Å². The molecule has 0 aliphatic carbocycles. The van der Waals surface area contributed by atoms with Crippen LogP contribution in [0.3, 0.4) is 0 Å². The maximum Gasteiger partial charge on any atom is 0.339 e. The molecule has 2 aromatic carbocycles. The average molecular weight is 304 g/mol. The molecule has 3 nitrogen and oxygen atoms in total. The summed E-state index contributed by atoms with van der Waals surface area (Å²) in [4.78, 5) is 0.161. The summed E-state index contributed by atoms with van der Waals surface area (Å²) in [5.74, 6) is 0.336. The molecule has 0 heterocycles. The predicted octanol–water partition coefficient (Wildman–Crippen LogP) is 4.06. The fraction of sp³-hybridized carbons (Fsp3) is 0.294. The first-order valence-electron chi connectivity index (χ1n) is 6.80. The van der Waals surface area contributed by atoms with Crippen LogP contribution in [0.15, 0.2) is 53.4 Å². The summed E-state index contributed by atoms with van der Waals surface area (Å²) in [5, 5.41) is 0. The highest BCUT2D eigenvalue weighted by atomic mass is 32.2. The minimum atomic E-state index is -3.79. The Morgan fingerprint density at radius 1 is 0.952 bits per heavy atom. The van der Waals surface area contributed by atoms with E-state index in [1.807, 2.05) is 13.0 Å². The molecule has 0 aliphatic rings. The van der Waals surface area contributed by atoms with Crippen LogP contribution in [0.4, 0.5) is 0 Å². The van der Waals surface area contributed by atoms with Gasteiger partial charge in [-0.25, -0.2) is 0 Å². The van der Waals surface area contributed by atoms with Gasteiger partial charge in [-0.15, -0.1) is 0 Å². The van der Waals surface area contributed by atoms with Crippen molar-refractivity contribution < 1.29 is 12.6 Å². The van der Waals surface area contributed by atoms with E-state index >= 15 is 0 Å². The van der Waals surface area contributed by atoms with E-state index in [4.69, 9.17) is 4.18 Å². The Morgan fingerprint density at radius 3 is 2.14 bits per heavy atom. The molecule has 21 heavy (non-hydrogen) atoms. The smallest absolute Gasteiger partial charge is 0.339 e. The van der Waals surface area contributed by atoms with E-state index in [-0.39, 0.29) is 10.3 Å². The average Bonchev–Trinajstić information content (AvgIpc) is 2.38. The Morgan fingerprint density at radius 2 is 1.57 bits per heavy atom.